The molecule has 3 nitrogen and oxygen atoms in total. The Hall–Kier alpha value is -1.42. The zero-order valence-corrected chi connectivity index (χ0v) is 12.0. The number of rotatable bonds is 3. The molecule has 0 unspecified atom stereocenters. The number of carboxylic acids is 1. The first-order valence-corrected chi connectivity index (χ1v) is 7.49. The van der Waals surface area contributed by atoms with Crippen molar-refractivity contribution in [3.05, 3.63) is 28.8 Å². The second kappa shape index (κ2) is 4.30. The van der Waals surface area contributed by atoms with Gasteiger partial charge in [0.15, 0.2) is 0 Å². The molecular formula is C15H17NO2S. The fraction of sp³-hybridized carbons (Fsp3) is 0.467. The summed E-state index contributed by atoms with van der Waals surface area (Å²) >= 11 is 1.68. The number of hydrogen-bond donors (Lipinski definition) is 1. The summed E-state index contributed by atoms with van der Waals surface area (Å²) in [5, 5.41) is 10.6. The Bertz CT molecular complexity index is 641. The first-order valence-electron chi connectivity index (χ1n) is 6.67. The first kappa shape index (κ1) is 12.6. The van der Waals surface area contributed by atoms with E-state index in [-0.39, 0.29) is 0 Å². The zero-order valence-electron chi connectivity index (χ0n) is 11.1. The molecule has 0 aliphatic heterocycles. The Labute approximate surface area is 116 Å². The van der Waals surface area contributed by atoms with Crippen molar-refractivity contribution >= 4 is 27.5 Å². The summed E-state index contributed by atoms with van der Waals surface area (Å²) < 4.78 is 1.11. The molecular weight excluding hydrogens is 258 g/mol. The standard InChI is InChI=1S/C15H17NO2S/c1-9(2)13-16-11-5-4-10(8-12(11)19-13)15(14(17)18)6-3-7-15/h4-5,8-9H,3,6-7H2,1-2H3,(H,17,18). The molecule has 1 saturated carbocycles. The minimum Gasteiger partial charge on any atom is -0.481 e. The van der Waals surface area contributed by atoms with Gasteiger partial charge in [0.1, 0.15) is 0 Å². The van der Waals surface area contributed by atoms with Crippen LogP contribution >= 0.6 is 11.3 Å². The fourth-order valence-electron chi connectivity index (χ4n) is 2.64. The van der Waals surface area contributed by atoms with Gasteiger partial charge in [-0.3, -0.25) is 4.79 Å². The SMILES string of the molecule is CC(C)c1nc2ccc(C3(C(=O)O)CCC3)cc2s1. The van der Waals surface area contributed by atoms with E-state index in [9.17, 15) is 9.90 Å². The van der Waals surface area contributed by atoms with E-state index in [1.165, 1.54) is 0 Å². The van der Waals surface area contributed by atoms with Crippen LogP contribution in [0.5, 0.6) is 0 Å². The van der Waals surface area contributed by atoms with Crippen molar-refractivity contribution in [3.8, 4) is 0 Å². The van der Waals surface area contributed by atoms with Crippen molar-refractivity contribution in [2.75, 3.05) is 0 Å². The number of carboxylic acid groups (broad SMARTS) is 1. The number of aliphatic carboxylic acids is 1. The Morgan fingerprint density at radius 2 is 2.16 bits per heavy atom. The Morgan fingerprint density at radius 1 is 1.42 bits per heavy atom. The van der Waals surface area contributed by atoms with E-state index < -0.39 is 11.4 Å². The lowest BCUT2D eigenvalue weighted by atomic mass is 9.64. The van der Waals surface area contributed by atoms with E-state index >= 15 is 0 Å². The van der Waals surface area contributed by atoms with Crippen LogP contribution in [0.3, 0.4) is 0 Å². The van der Waals surface area contributed by atoms with Gasteiger partial charge in [-0.2, -0.15) is 0 Å². The highest BCUT2D eigenvalue weighted by Crippen LogP contribution is 2.45. The van der Waals surface area contributed by atoms with E-state index in [1.54, 1.807) is 11.3 Å². The third-order valence-corrected chi connectivity index (χ3v) is 5.39. The van der Waals surface area contributed by atoms with Crippen LogP contribution < -0.4 is 0 Å². The molecule has 19 heavy (non-hydrogen) atoms. The molecule has 1 aromatic heterocycles. The summed E-state index contributed by atoms with van der Waals surface area (Å²) in [6.45, 7) is 4.26. The maximum absolute atomic E-state index is 11.5. The van der Waals surface area contributed by atoms with Crippen LogP contribution in [0.15, 0.2) is 18.2 Å². The molecule has 0 atom stereocenters. The third-order valence-electron chi connectivity index (χ3n) is 4.07. The van der Waals surface area contributed by atoms with Gasteiger partial charge in [0.25, 0.3) is 0 Å². The summed E-state index contributed by atoms with van der Waals surface area (Å²) in [5.41, 5.74) is 1.28. The zero-order chi connectivity index (χ0) is 13.6. The summed E-state index contributed by atoms with van der Waals surface area (Å²) in [6, 6.07) is 5.95. The van der Waals surface area contributed by atoms with Crippen molar-refractivity contribution in [2.24, 2.45) is 0 Å². The highest BCUT2D eigenvalue weighted by atomic mass is 32.1. The van der Waals surface area contributed by atoms with Gasteiger partial charge in [0, 0.05) is 5.92 Å². The lowest BCUT2D eigenvalue weighted by molar-refractivity contribution is -0.147. The number of carbonyl (C=O) groups is 1. The molecule has 1 N–H and O–H groups in total. The van der Waals surface area contributed by atoms with Gasteiger partial charge in [0.05, 0.1) is 20.6 Å². The van der Waals surface area contributed by atoms with Gasteiger partial charge in [-0.15, -0.1) is 11.3 Å². The summed E-state index contributed by atoms with van der Waals surface area (Å²) in [7, 11) is 0. The van der Waals surface area contributed by atoms with Crippen LogP contribution in [0.25, 0.3) is 10.2 Å². The van der Waals surface area contributed by atoms with Crippen LogP contribution in [0.1, 0.15) is 49.6 Å². The molecule has 0 radical (unpaired) electrons. The van der Waals surface area contributed by atoms with Crippen LogP contribution in [-0.2, 0) is 10.2 Å². The largest absolute Gasteiger partial charge is 0.481 e. The van der Waals surface area contributed by atoms with Gasteiger partial charge in [-0.25, -0.2) is 4.98 Å². The molecule has 1 aliphatic carbocycles. The Kier molecular flexibility index (Phi) is 2.86. The molecule has 0 saturated heterocycles. The fourth-order valence-corrected chi connectivity index (χ4v) is 3.65. The minimum atomic E-state index is -0.688. The highest BCUT2D eigenvalue weighted by Gasteiger charge is 2.45. The number of benzene rings is 1. The third kappa shape index (κ3) is 1.86. The molecule has 1 aromatic carbocycles. The lowest BCUT2D eigenvalue weighted by Gasteiger charge is -2.38. The van der Waals surface area contributed by atoms with Gasteiger partial charge in [-0.1, -0.05) is 26.3 Å². The Morgan fingerprint density at radius 3 is 2.68 bits per heavy atom. The first-order chi connectivity index (χ1) is 9.03. The normalized spacial score (nSPS) is 17.6. The van der Waals surface area contributed by atoms with Gasteiger partial charge >= 0.3 is 5.97 Å². The molecule has 4 heteroatoms. The second-order valence-electron chi connectivity index (χ2n) is 5.63. The minimum absolute atomic E-state index is 0.415. The predicted octanol–water partition coefficient (Wildman–Crippen LogP) is 3.93. The molecule has 1 heterocycles. The highest BCUT2D eigenvalue weighted by molar-refractivity contribution is 7.18. The van der Waals surface area contributed by atoms with Crippen molar-refractivity contribution in [2.45, 2.75) is 44.4 Å². The summed E-state index contributed by atoms with van der Waals surface area (Å²) in [4.78, 5) is 16.1. The average Bonchev–Trinajstić information content (AvgIpc) is 2.70. The van der Waals surface area contributed by atoms with Crippen LogP contribution in [-0.4, -0.2) is 16.1 Å². The molecule has 0 spiro atoms. The maximum Gasteiger partial charge on any atom is 0.314 e. The quantitative estimate of drug-likeness (QED) is 0.923. The van der Waals surface area contributed by atoms with E-state index in [2.05, 4.69) is 18.8 Å². The molecule has 2 aromatic rings. The predicted molar refractivity (Wildman–Crippen MR) is 76.9 cm³/mol. The van der Waals surface area contributed by atoms with E-state index in [0.29, 0.717) is 5.92 Å². The van der Waals surface area contributed by atoms with Gasteiger partial charge in [0.2, 0.25) is 0 Å². The van der Waals surface area contributed by atoms with Crippen LogP contribution in [0, 0.1) is 0 Å². The van der Waals surface area contributed by atoms with Crippen molar-refractivity contribution in [1.29, 1.82) is 0 Å². The maximum atomic E-state index is 11.5. The second-order valence-corrected chi connectivity index (χ2v) is 6.69. The number of hydrogen-bond acceptors (Lipinski definition) is 3. The molecule has 1 aliphatic rings. The summed E-state index contributed by atoms with van der Waals surface area (Å²) in [6.07, 6.45) is 2.51. The smallest absolute Gasteiger partial charge is 0.314 e. The van der Waals surface area contributed by atoms with Gasteiger partial charge in [-0.05, 0) is 30.5 Å². The van der Waals surface area contributed by atoms with Crippen LogP contribution in [0.4, 0.5) is 0 Å². The average molecular weight is 275 g/mol. The summed E-state index contributed by atoms with van der Waals surface area (Å²) in [5.74, 6) is -0.273. The van der Waals surface area contributed by atoms with Crippen molar-refractivity contribution in [1.82, 2.24) is 4.98 Å². The monoisotopic (exact) mass is 275 g/mol. The van der Waals surface area contributed by atoms with Crippen molar-refractivity contribution < 1.29 is 9.90 Å². The van der Waals surface area contributed by atoms with E-state index in [4.69, 9.17) is 0 Å². The molecule has 0 bridgehead atoms. The number of nitrogens with zero attached hydrogens (tertiary/aromatic N) is 1. The Balaban J connectivity index is 2.08. The molecule has 1 fully saturated rings. The molecule has 100 valence electrons. The van der Waals surface area contributed by atoms with Crippen molar-refractivity contribution in [3.63, 3.8) is 0 Å². The number of thiazole rings is 1. The lowest BCUT2D eigenvalue weighted by Crippen LogP contribution is -2.42. The van der Waals surface area contributed by atoms with Gasteiger partial charge < -0.3 is 5.11 Å². The topological polar surface area (TPSA) is 50.2 Å². The molecule has 3 rings (SSSR count). The molecule has 0 amide bonds. The van der Waals surface area contributed by atoms with Crippen LogP contribution in [0.2, 0.25) is 0 Å². The van der Waals surface area contributed by atoms with E-state index in [1.807, 2.05) is 18.2 Å². The number of aromatic nitrogens is 1. The number of fused-ring (bicyclic) bond motifs is 1. The van der Waals surface area contributed by atoms with E-state index in [0.717, 1.165) is 40.1 Å².